The Morgan fingerprint density at radius 3 is 2.14 bits per heavy atom. The predicted molar refractivity (Wildman–Crippen MR) is 185 cm³/mol. The van der Waals surface area contributed by atoms with Gasteiger partial charge >= 0.3 is 0 Å². The molecular weight excluding hydrogens is 525 g/mol. The molecule has 0 aromatic rings. The number of allylic oxidation sites excluding steroid dienone is 2. The van der Waals surface area contributed by atoms with Gasteiger partial charge in [-0.05, 0) is 94.1 Å². The summed E-state index contributed by atoms with van der Waals surface area (Å²) in [5.74, 6) is 4.14. The average Bonchev–Trinajstić information content (AvgIpc) is 3.00. The fourth-order valence-electron chi connectivity index (χ4n) is 5.97. The van der Waals surface area contributed by atoms with Gasteiger partial charge in [-0.15, -0.1) is 13.2 Å². The van der Waals surface area contributed by atoms with E-state index in [1.54, 1.807) is 6.92 Å². The van der Waals surface area contributed by atoms with Crippen molar-refractivity contribution in [2.45, 2.75) is 146 Å². The summed E-state index contributed by atoms with van der Waals surface area (Å²) in [6, 6.07) is 0.106. The summed E-state index contributed by atoms with van der Waals surface area (Å²) in [5, 5.41) is 7.57. The van der Waals surface area contributed by atoms with Crippen LogP contribution in [0.25, 0.3) is 0 Å². The van der Waals surface area contributed by atoms with Crippen molar-refractivity contribution >= 4 is 5.78 Å². The molecule has 0 radical (unpaired) electrons. The summed E-state index contributed by atoms with van der Waals surface area (Å²) in [5.41, 5.74) is 7.68. The molecule has 0 saturated heterocycles. The Bertz CT molecular complexity index is 690. The van der Waals surface area contributed by atoms with E-state index >= 15 is 0 Å². The molecule has 0 aromatic carbocycles. The molecule has 0 aromatic heterocycles. The molecule has 2 saturated carbocycles. The molecule has 2 rings (SSSR count). The predicted octanol–water partition coefficient (Wildman–Crippen LogP) is 10.6. The Kier molecular flexibility index (Phi) is 33.5. The third kappa shape index (κ3) is 18.3. The zero-order valence-electron chi connectivity index (χ0n) is 28.9. The summed E-state index contributed by atoms with van der Waals surface area (Å²) in [4.78, 5) is 12.0. The van der Waals surface area contributed by atoms with Crippen molar-refractivity contribution in [3.63, 3.8) is 0 Å². The lowest BCUT2D eigenvalue weighted by Crippen LogP contribution is -2.46. The second-order valence-corrected chi connectivity index (χ2v) is 11.7. The number of ketones is 1. The highest BCUT2D eigenvalue weighted by atomic mass is 19.1. The molecule has 2 fully saturated rings. The molecule has 0 aliphatic heterocycles. The average molecular weight is 600 g/mol. The van der Waals surface area contributed by atoms with Crippen molar-refractivity contribution in [3.05, 3.63) is 36.6 Å². The van der Waals surface area contributed by atoms with Crippen LogP contribution in [-0.4, -0.2) is 37.3 Å². The number of nitrogens with two attached hydrogens (primary N) is 1. The van der Waals surface area contributed by atoms with Crippen LogP contribution in [0, 0.1) is 29.1 Å². The number of aliphatic hydroxyl groups is 1. The van der Waals surface area contributed by atoms with Crippen LogP contribution in [0.2, 0.25) is 0 Å². The number of ether oxygens (including phenoxy) is 1. The van der Waals surface area contributed by atoms with Crippen LogP contribution >= 0.6 is 0 Å². The Morgan fingerprint density at radius 2 is 1.69 bits per heavy atom. The van der Waals surface area contributed by atoms with Crippen molar-refractivity contribution < 1.29 is 19.0 Å². The first-order valence-electron chi connectivity index (χ1n) is 16.3. The number of aliphatic hydroxyl groups excluding tert-OH is 1. The fourth-order valence-corrected chi connectivity index (χ4v) is 5.97. The molecule has 0 heterocycles. The van der Waals surface area contributed by atoms with Crippen molar-refractivity contribution in [1.82, 2.24) is 0 Å². The highest BCUT2D eigenvalue weighted by Crippen LogP contribution is 2.56. The third-order valence-electron chi connectivity index (χ3n) is 8.98. The maximum absolute atomic E-state index is 12.0. The van der Waals surface area contributed by atoms with Gasteiger partial charge in [-0.2, -0.15) is 0 Å². The molecule has 0 bridgehead atoms. The van der Waals surface area contributed by atoms with Crippen molar-refractivity contribution in [3.8, 4) is 0 Å². The van der Waals surface area contributed by atoms with Gasteiger partial charge in [0.25, 0.3) is 0 Å². The summed E-state index contributed by atoms with van der Waals surface area (Å²) >= 11 is 0. The third-order valence-corrected chi connectivity index (χ3v) is 8.98. The summed E-state index contributed by atoms with van der Waals surface area (Å²) in [6.07, 6.45) is 16.6. The highest BCUT2D eigenvalue weighted by Gasteiger charge is 2.49. The van der Waals surface area contributed by atoms with Gasteiger partial charge in [-0.3, -0.25) is 9.18 Å². The monoisotopic (exact) mass is 600 g/mol. The normalized spacial score (nSPS) is 24.6. The van der Waals surface area contributed by atoms with Crippen molar-refractivity contribution in [2.24, 2.45) is 34.8 Å². The number of alkyl halides is 1. The molecule has 252 valence electrons. The Balaban J connectivity index is -0.000000525. The number of carbonyl (C=O) groups excluding carboxylic acids is 1. The van der Waals surface area contributed by atoms with Gasteiger partial charge in [0, 0.05) is 25.5 Å². The van der Waals surface area contributed by atoms with Gasteiger partial charge in [0.15, 0.2) is 0 Å². The molecule has 0 spiro atoms. The number of unbranched alkanes of at least 4 members (excludes halogenated alkanes) is 1. The molecule has 0 amide bonds. The van der Waals surface area contributed by atoms with E-state index < -0.39 is 0 Å². The molecule has 2 aliphatic carbocycles. The molecule has 6 atom stereocenters. The maximum Gasteiger partial charge on any atom is 0.133 e. The number of carbonyl (C=O) groups is 1. The van der Waals surface area contributed by atoms with Crippen molar-refractivity contribution in [2.75, 3.05) is 20.4 Å². The van der Waals surface area contributed by atoms with Crippen molar-refractivity contribution in [1.29, 1.82) is 0 Å². The summed E-state index contributed by atoms with van der Waals surface area (Å²) in [6.45, 7) is 26.5. The van der Waals surface area contributed by atoms with Gasteiger partial charge in [0.1, 0.15) is 11.5 Å². The summed E-state index contributed by atoms with van der Waals surface area (Å²) in [7, 11) is 0.500. The van der Waals surface area contributed by atoms with Crippen LogP contribution in [0.5, 0.6) is 0 Å². The Hall–Kier alpha value is -1.46. The maximum atomic E-state index is 12.0. The van der Waals surface area contributed by atoms with Crippen LogP contribution in [0.3, 0.4) is 0 Å². The van der Waals surface area contributed by atoms with E-state index in [1.165, 1.54) is 44.1 Å². The molecule has 6 unspecified atom stereocenters. The van der Waals surface area contributed by atoms with E-state index in [0.717, 1.165) is 56.3 Å². The largest absolute Gasteiger partial charge is 0.494 e. The lowest BCUT2D eigenvalue weighted by atomic mass is 9.51. The zero-order chi connectivity index (χ0) is 32.4. The standard InChI is InChI=1S/C27H47NO2.C4H10.C2H6O.C2H4.CH3F.CH4/c1-7-21(18-30-24(8-2)16-20(5)26(28)9-3)11-13-25-19(4)10-12-22-17-23(29)14-15-27(22,25)6;1-3-4-2;1-2-3;2*1-2;/h8,16,19,21-22,25-26H,7,9-15,17-18,28H2,1-6H3;3-4H2,1-2H3;3H,2H2,1H3;1-2H2;1H3;1H4/b20-16+,24-8+;;;;;. The molecule has 42 heavy (non-hydrogen) atoms. The van der Waals surface area contributed by atoms with Gasteiger partial charge in [-0.1, -0.05) is 80.2 Å². The quantitative estimate of drug-likeness (QED) is 0.141. The lowest BCUT2D eigenvalue weighted by Gasteiger charge is -2.53. The molecule has 2 aliphatic rings. The lowest BCUT2D eigenvalue weighted by molar-refractivity contribution is -0.130. The van der Waals surface area contributed by atoms with Gasteiger partial charge in [0.2, 0.25) is 0 Å². The molecule has 4 nitrogen and oxygen atoms in total. The van der Waals surface area contributed by atoms with Gasteiger partial charge in [-0.25, -0.2) is 0 Å². The Labute approximate surface area is 262 Å². The molecule has 5 heteroatoms. The first-order valence-corrected chi connectivity index (χ1v) is 16.3. The number of hydrogen-bond donors (Lipinski definition) is 2. The highest BCUT2D eigenvalue weighted by molar-refractivity contribution is 5.79. The van der Waals surface area contributed by atoms with E-state index in [1.807, 2.05) is 13.0 Å². The van der Waals surface area contributed by atoms with Crippen LogP contribution in [0.1, 0.15) is 140 Å². The fraction of sp³-hybridized carbons (Fsp3) is 0.811. The Morgan fingerprint density at radius 1 is 1.14 bits per heavy atom. The zero-order valence-corrected chi connectivity index (χ0v) is 28.9. The van der Waals surface area contributed by atoms with Gasteiger partial charge < -0.3 is 15.6 Å². The second kappa shape index (κ2) is 29.6. The first-order chi connectivity index (χ1) is 19.6. The minimum Gasteiger partial charge on any atom is -0.494 e. The molecular formula is C37H74FNO3. The molecule has 3 N–H and O–H groups in total. The van der Waals surface area contributed by atoms with Crippen LogP contribution in [0.4, 0.5) is 4.39 Å². The smallest absolute Gasteiger partial charge is 0.133 e. The van der Waals surface area contributed by atoms with Crippen LogP contribution in [-0.2, 0) is 9.53 Å². The number of rotatable bonds is 11. The van der Waals surface area contributed by atoms with Crippen LogP contribution < -0.4 is 5.73 Å². The SMILES string of the molecule is C.C/C=C(\C=C(/C)C(N)CC)OCC(CC)CCC1C(C)CCC2CC(=O)CCC21C.C=C.CCCC.CCO.CF. The topological polar surface area (TPSA) is 72.5 Å². The minimum absolute atomic E-state index is 0. The number of halogens is 1. The van der Waals surface area contributed by atoms with Gasteiger partial charge in [0.05, 0.1) is 13.8 Å². The van der Waals surface area contributed by atoms with E-state index in [4.69, 9.17) is 15.6 Å². The number of Topliss-reactive ketones (excluding diaryl/α,β-unsaturated/α-hetero) is 1. The minimum atomic E-state index is 0. The summed E-state index contributed by atoms with van der Waals surface area (Å²) < 4.78 is 15.7. The van der Waals surface area contributed by atoms with E-state index in [-0.39, 0.29) is 20.1 Å². The number of fused-ring (bicyclic) bond motifs is 1. The van der Waals surface area contributed by atoms with Crippen LogP contribution in [0.15, 0.2) is 36.6 Å². The van der Waals surface area contributed by atoms with E-state index in [9.17, 15) is 9.18 Å². The number of hydrogen-bond acceptors (Lipinski definition) is 4. The second-order valence-electron chi connectivity index (χ2n) is 11.7. The van der Waals surface area contributed by atoms with E-state index in [2.05, 4.69) is 67.7 Å². The first kappa shape index (κ1) is 47.5. The van der Waals surface area contributed by atoms with E-state index in [0.29, 0.717) is 30.2 Å².